The smallest absolute Gasteiger partial charge is 0.190 e. The lowest BCUT2D eigenvalue weighted by atomic mass is 9.95. The van der Waals surface area contributed by atoms with Gasteiger partial charge in [-0.25, -0.2) is 0 Å². The second kappa shape index (κ2) is 13.5. The fraction of sp³-hybridized carbons (Fsp3) is 0.290. The maximum atomic E-state index is 11.5. The van der Waals surface area contributed by atoms with Gasteiger partial charge in [-0.05, 0) is 85.0 Å². The van der Waals surface area contributed by atoms with Crippen LogP contribution >= 0.6 is 23.4 Å². The molecule has 3 nitrogen and oxygen atoms in total. The predicted octanol–water partition coefficient (Wildman–Crippen LogP) is 9.45. The quantitative estimate of drug-likeness (QED) is 0.259. The number of halogens is 1. The summed E-state index contributed by atoms with van der Waals surface area (Å²) in [7, 11) is 0. The summed E-state index contributed by atoms with van der Waals surface area (Å²) in [4.78, 5) is 23.3. The van der Waals surface area contributed by atoms with Gasteiger partial charge in [0.25, 0.3) is 0 Å². The molecule has 0 spiro atoms. The molecule has 1 N–H and O–H groups in total. The summed E-state index contributed by atoms with van der Waals surface area (Å²) in [5, 5.41) is 6.26. The molecule has 0 saturated carbocycles. The molecule has 5 heteroatoms. The average Bonchev–Trinajstić information content (AvgIpc) is 2.79. The van der Waals surface area contributed by atoms with Crippen LogP contribution in [-0.4, -0.2) is 11.4 Å². The van der Waals surface area contributed by atoms with Crippen molar-refractivity contribution in [1.29, 1.82) is 0 Å². The van der Waals surface area contributed by atoms with Crippen molar-refractivity contribution in [3.63, 3.8) is 0 Å². The van der Waals surface area contributed by atoms with Crippen molar-refractivity contribution in [3.8, 4) is 0 Å². The average molecular weight is 522 g/mol. The molecule has 0 aliphatic carbocycles. The molecule has 0 bridgehead atoms. The topological polar surface area (TPSA) is 46.2 Å². The highest BCUT2D eigenvalue weighted by atomic mass is 35.5. The lowest BCUT2D eigenvalue weighted by Gasteiger charge is -2.19. The first-order chi connectivity index (χ1) is 16.9. The first-order valence-corrected chi connectivity index (χ1v) is 13.2. The van der Waals surface area contributed by atoms with Gasteiger partial charge in [-0.1, -0.05) is 80.4 Å². The normalized spacial score (nSPS) is 11.1. The molecule has 0 aliphatic heterocycles. The molecule has 3 aromatic rings. The zero-order chi connectivity index (χ0) is 27.0. The lowest BCUT2D eigenvalue weighted by Crippen LogP contribution is -2.04. The number of hydrogen-bond acceptors (Lipinski definition) is 4. The van der Waals surface area contributed by atoms with E-state index in [1.807, 2.05) is 37.3 Å². The second-order valence-corrected chi connectivity index (χ2v) is 11.3. The number of fused-ring (bicyclic) bond motifs is 1. The third-order valence-corrected chi connectivity index (χ3v) is 6.31. The van der Waals surface area contributed by atoms with Crippen molar-refractivity contribution < 1.29 is 9.59 Å². The Morgan fingerprint density at radius 2 is 1.56 bits per heavy atom. The van der Waals surface area contributed by atoms with Crippen molar-refractivity contribution in [2.75, 3.05) is 5.32 Å². The molecule has 0 atom stereocenters. The molecule has 0 aromatic heterocycles. The molecule has 36 heavy (non-hydrogen) atoms. The standard InChI is InChI=1S/C27H26ClNO2S.C4H10/c1-16(2)27(29-26-14-25(28)17(3)12-18(26)4)24-11-10-20(13-21(15-30)32-19(5)31)22-8-6-7-9-23(22)24;1-4(2)3/h6-15,29H,1-5H3;4H,1-3H3/b21-13-;. The molecule has 3 rings (SSSR count). The minimum absolute atomic E-state index is 0.118. The zero-order valence-electron chi connectivity index (χ0n) is 22.5. The van der Waals surface area contributed by atoms with Crippen LogP contribution < -0.4 is 5.32 Å². The number of thioether (sulfide) groups is 1. The van der Waals surface area contributed by atoms with Gasteiger partial charge in [0, 0.05) is 28.9 Å². The Hall–Kier alpha value is -2.82. The van der Waals surface area contributed by atoms with Gasteiger partial charge in [0.1, 0.15) is 0 Å². The fourth-order valence-corrected chi connectivity index (χ4v) is 4.36. The van der Waals surface area contributed by atoms with Crippen LogP contribution in [0, 0.1) is 19.8 Å². The van der Waals surface area contributed by atoms with Crippen LogP contribution in [-0.2, 0) is 9.59 Å². The van der Waals surface area contributed by atoms with E-state index in [-0.39, 0.29) is 5.12 Å². The van der Waals surface area contributed by atoms with Crippen LogP contribution in [0.5, 0.6) is 0 Å². The van der Waals surface area contributed by atoms with Crippen molar-refractivity contribution in [1.82, 2.24) is 0 Å². The highest BCUT2D eigenvalue weighted by molar-refractivity contribution is 8.17. The van der Waals surface area contributed by atoms with Crippen LogP contribution in [0.2, 0.25) is 5.02 Å². The summed E-state index contributed by atoms with van der Waals surface area (Å²) >= 11 is 7.34. The third kappa shape index (κ3) is 8.11. The van der Waals surface area contributed by atoms with Gasteiger partial charge in [0.15, 0.2) is 11.4 Å². The number of nitrogens with one attached hydrogen (secondary N) is 1. The van der Waals surface area contributed by atoms with Crippen LogP contribution in [0.3, 0.4) is 0 Å². The van der Waals surface area contributed by atoms with E-state index in [9.17, 15) is 9.59 Å². The van der Waals surface area contributed by atoms with E-state index in [0.717, 1.165) is 79.0 Å². The maximum absolute atomic E-state index is 11.5. The number of carbonyl (C=O) groups is 2. The van der Waals surface area contributed by atoms with Gasteiger partial charge in [-0.3, -0.25) is 9.59 Å². The van der Waals surface area contributed by atoms with Crippen molar-refractivity contribution >= 4 is 63.0 Å². The number of rotatable bonds is 6. The highest BCUT2D eigenvalue weighted by Gasteiger charge is 2.13. The summed E-state index contributed by atoms with van der Waals surface area (Å²) in [5.41, 5.74) is 7.22. The summed E-state index contributed by atoms with van der Waals surface area (Å²) in [6.07, 6.45) is 2.49. The van der Waals surface area contributed by atoms with Gasteiger partial charge < -0.3 is 5.32 Å². The van der Waals surface area contributed by atoms with Crippen molar-refractivity contribution in [3.05, 3.63) is 86.3 Å². The SMILES string of the molecule is CC(=O)S/C(C=O)=C\c1ccc(C(Nc2cc(Cl)c(C)cc2C)=C(C)C)c2ccccc12.CC(C)C. The molecule has 0 aliphatic rings. The molecule has 0 fully saturated rings. The van der Waals surface area contributed by atoms with Gasteiger partial charge in [0.2, 0.25) is 0 Å². The van der Waals surface area contributed by atoms with Gasteiger partial charge in [-0.2, -0.15) is 0 Å². The minimum Gasteiger partial charge on any atom is -0.355 e. The number of aryl methyl sites for hydroxylation is 2. The van der Waals surface area contributed by atoms with E-state index in [0.29, 0.717) is 4.91 Å². The zero-order valence-corrected chi connectivity index (χ0v) is 24.0. The Morgan fingerprint density at radius 3 is 2.11 bits per heavy atom. The van der Waals surface area contributed by atoms with Crippen molar-refractivity contribution in [2.24, 2.45) is 5.92 Å². The summed E-state index contributed by atoms with van der Waals surface area (Å²) < 4.78 is 0. The van der Waals surface area contributed by atoms with Crippen molar-refractivity contribution in [2.45, 2.75) is 55.4 Å². The number of carbonyl (C=O) groups excluding carboxylic acids is 2. The molecule has 0 heterocycles. The molecule has 0 saturated heterocycles. The van der Waals surface area contributed by atoms with Gasteiger partial charge >= 0.3 is 0 Å². The number of benzene rings is 3. The predicted molar refractivity (Wildman–Crippen MR) is 160 cm³/mol. The summed E-state index contributed by atoms with van der Waals surface area (Å²) in [6, 6.07) is 16.2. The molecule has 0 unspecified atom stereocenters. The Kier molecular flexibility index (Phi) is 11.0. The van der Waals surface area contributed by atoms with E-state index in [1.165, 1.54) is 6.92 Å². The molecular weight excluding hydrogens is 486 g/mol. The number of anilines is 1. The fourth-order valence-electron chi connectivity index (χ4n) is 3.63. The lowest BCUT2D eigenvalue weighted by molar-refractivity contribution is -0.109. The monoisotopic (exact) mass is 521 g/mol. The summed E-state index contributed by atoms with van der Waals surface area (Å²) in [6.45, 7) is 16.2. The Bertz CT molecular complexity index is 1310. The van der Waals surface area contributed by atoms with Gasteiger partial charge in [-0.15, -0.1) is 0 Å². The molecule has 3 aromatic carbocycles. The van der Waals surface area contributed by atoms with E-state index >= 15 is 0 Å². The van der Waals surface area contributed by atoms with E-state index in [2.05, 4.69) is 65.1 Å². The third-order valence-electron chi connectivity index (χ3n) is 5.17. The largest absolute Gasteiger partial charge is 0.355 e. The number of allylic oxidation sites excluding steroid dienone is 2. The van der Waals surface area contributed by atoms with E-state index < -0.39 is 0 Å². The highest BCUT2D eigenvalue weighted by Crippen LogP contribution is 2.34. The molecule has 190 valence electrons. The molecular formula is C31H36ClNO2S. The second-order valence-electron chi connectivity index (χ2n) is 9.65. The van der Waals surface area contributed by atoms with Gasteiger partial charge in [0.05, 0.1) is 4.91 Å². The van der Waals surface area contributed by atoms with E-state index in [1.54, 1.807) is 6.08 Å². The Morgan fingerprint density at radius 1 is 0.944 bits per heavy atom. The first-order valence-electron chi connectivity index (χ1n) is 12.0. The Labute approximate surface area is 225 Å². The minimum atomic E-state index is -0.118. The molecule has 0 amide bonds. The first kappa shape index (κ1) is 29.4. The number of aldehydes is 1. The van der Waals surface area contributed by atoms with Crippen LogP contribution in [0.4, 0.5) is 5.69 Å². The Balaban J connectivity index is 0.00000106. The van der Waals surface area contributed by atoms with Crippen LogP contribution in [0.25, 0.3) is 22.5 Å². The maximum Gasteiger partial charge on any atom is 0.190 e. The van der Waals surface area contributed by atoms with E-state index in [4.69, 9.17) is 11.6 Å². The summed E-state index contributed by atoms with van der Waals surface area (Å²) in [5.74, 6) is 0.833. The van der Waals surface area contributed by atoms with Crippen LogP contribution in [0.1, 0.15) is 63.8 Å². The van der Waals surface area contributed by atoms with Crippen LogP contribution in [0.15, 0.2) is 59.0 Å². The number of hydrogen-bond donors (Lipinski definition) is 1. The molecule has 0 radical (unpaired) electrons.